The van der Waals surface area contributed by atoms with Gasteiger partial charge in [-0.2, -0.15) is 0 Å². The summed E-state index contributed by atoms with van der Waals surface area (Å²) in [6, 6.07) is 57.4. The number of hydrogen-bond acceptors (Lipinski definition) is 0. The molecule has 0 aliphatic heterocycles. The van der Waals surface area contributed by atoms with Gasteiger partial charge in [0.2, 0.25) is 0 Å². The summed E-state index contributed by atoms with van der Waals surface area (Å²) in [6.07, 6.45) is 0. The number of benzene rings is 9. The van der Waals surface area contributed by atoms with Crippen molar-refractivity contribution in [3.8, 4) is 44.5 Å². The van der Waals surface area contributed by atoms with Crippen molar-refractivity contribution in [3.63, 3.8) is 0 Å². The summed E-state index contributed by atoms with van der Waals surface area (Å²) in [5.74, 6) is 0. The highest BCUT2D eigenvalue weighted by atomic mass is 79.9. The van der Waals surface area contributed by atoms with Crippen molar-refractivity contribution in [2.75, 3.05) is 0 Å². The minimum absolute atomic E-state index is 1.11. The third-order valence-corrected chi connectivity index (χ3v) is 10.7. The first-order valence-electron chi connectivity index (χ1n) is 15.5. The molecule has 46 heavy (non-hydrogen) atoms. The Morgan fingerprint density at radius 1 is 0.261 bits per heavy atom. The molecule has 0 radical (unpaired) electrons. The van der Waals surface area contributed by atoms with E-state index < -0.39 is 0 Å². The van der Waals surface area contributed by atoms with E-state index in [9.17, 15) is 0 Å². The Labute approximate surface area is 284 Å². The van der Waals surface area contributed by atoms with Gasteiger partial charge in [-0.05, 0) is 106 Å². The lowest BCUT2D eigenvalue weighted by molar-refractivity contribution is 1.58. The van der Waals surface area contributed by atoms with Gasteiger partial charge in [-0.25, -0.2) is 0 Å². The van der Waals surface area contributed by atoms with E-state index in [2.05, 4.69) is 190 Å². The molecule has 0 saturated carbocycles. The molecule has 0 aliphatic rings. The molecule has 0 atom stereocenters. The first-order chi connectivity index (χ1) is 22.7. The molecular formula is C44H26Br2. The molecule has 0 aliphatic carbocycles. The second-order valence-corrected chi connectivity index (χ2v) is 13.6. The van der Waals surface area contributed by atoms with Crippen molar-refractivity contribution in [1.29, 1.82) is 0 Å². The number of hydrogen-bond donors (Lipinski definition) is 0. The van der Waals surface area contributed by atoms with Crippen molar-refractivity contribution in [3.05, 3.63) is 167 Å². The molecule has 0 fully saturated rings. The first-order valence-corrected chi connectivity index (χ1v) is 17.1. The fourth-order valence-electron chi connectivity index (χ4n) is 7.34. The van der Waals surface area contributed by atoms with Crippen molar-refractivity contribution >= 4 is 74.9 Å². The van der Waals surface area contributed by atoms with Crippen LogP contribution in [0.1, 0.15) is 0 Å². The molecule has 0 nitrogen and oxygen atoms in total. The standard InChI is InChI=1S/C44H26Br2/c45-39-24-23-36-43-34(39)22-21-32(38-25-30(27-11-4-1-5-12-27)19-20-31(38)28-13-6-2-7-14-28)41(43)35-18-10-17-33-40(46)26-37(44(36)42(33)35)29-15-8-3-9-16-29/h1-26H. The maximum absolute atomic E-state index is 3.99. The van der Waals surface area contributed by atoms with Crippen molar-refractivity contribution < 1.29 is 0 Å². The second kappa shape index (κ2) is 10.9. The summed E-state index contributed by atoms with van der Waals surface area (Å²) in [6.45, 7) is 0. The van der Waals surface area contributed by atoms with Gasteiger partial charge in [-0.1, -0.05) is 171 Å². The average Bonchev–Trinajstić information content (AvgIpc) is 3.12. The van der Waals surface area contributed by atoms with E-state index in [1.165, 1.54) is 87.6 Å². The summed E-state index contributed by atoms with van der Waals surface area (Å²) < 4.78 is 2.21. The summed E-state index contributed by atoms with van der Waals surface area (Å²) in [5, 5.41) is 10.1. The van der Waals surface area contributed by atoms with Crippen LogP contribution in [-0.4, -0.2) is 0 Å². The van der Waals surface area contributed by atoms with Crippen LogP contribution in [0.15, 0.2) is 167 Å². The Balaban J connectivity index is 1.49. The van der Waals surface area contributed by atoms with Gasteiger partial charge in [0.25, 0.3) is 0 Å². The lowest BCUT2D eigenvalue weighted by atomic mass is 9.82. The molecule has 216 valence electrons. The average molecular weight is 714 g/mol. The third-order valence-electron chi connectivity index (χ3n) is 9.37. The highest BCUT2D eigenvalue weighted by Crippen LogP contribution is 2.51. The largest absolute Gasteiger partial charge is 0.0622 e. The predicted molar refractivity (Wildman–Crippen MR) is 205 cm³/mol. The Bertz CT molecular complexity index is 2570. The molecule has 0 spiro atoms. The summed E-state index contributed by atoms with van der Waals surface area (Å²) in [5.41, 5.74) is 9.78. The van der Waals surface area contributed by atoms with Gasteiger partial charge < -0.3 is 0 Å². The van der Waals surface area contributed by atoms with Gasteiger partial charge in [-0.3, -0.25) is 0 Å². The van der Waals surface area contributed by atoms with E-state index in [1.807, 2.05) is 0 Å². The smallest absolute Gasteiger partial charge is 0.0260 e. The Morgan fingerprint density at radius 2 is 0.783 bits per heavy atom. The molecular weight excluding hydrogens is 688 g/mol. The first kappa shape index (κ1) is 27.5. The summed E-state index contributed by atoms with van der Waals surface area (Å²) in [7, 11) is 0. The highest BCUT2D eigenvalue weighted by molar-refractivity contribution is 9.11. The SMILES string of the molecule is Brc1cc(-c2ccccc2)c2c3ccc(Br)c4ccc(-c5cc(-c6ccccc6)ccc5-c5ccccc5)c(c5cccc1c52)c43. The molecule has 9 aromatic carbocycles. The van der Waals surface area contributed by atoms with Crippen LogP contribution >= 0.6 is 31.9 Å². The molecule has 0 heterocycles. The quantitative estimate of drug-likeness (QED) is 0.126. The monoisotopic (exact) mass is 712 g/mol. The van der Waals surface area contributed by atoms with E-state index in [0.29, 0.717) is 0 Å². The highest BCUT2D eigenvalue weighted by Gasteiger charge is 2.22. The zero-order chi connectivity index (χ0) is 30.8. The molecule has 0 saturated heterocycles. The van der Waals surface area contributed by atoms with E-state index >= 15 is 0 Å². The van der Waals surface area contributed by atoms with E-state index in [4.69, 9.17) is 0 Å². The van der Waals surface area contributed by atoms with Crippen LogP contribution in [0.2, 0.25) is 0 Å². The van der Waals surface area contributed by atoms with Crippen molar-refractivity contribution in [2.45, 2.75) is 0 Å². The lowest BCUT2D eigenvalue weighted by Gasteiger charge is -2.22. The van der Waals surface area contributed by atoms with Crippen LogP contribution in [0.25, 0.3) is 87.6 Å². The molecule has 0 amide bonds. The van der Waals surface area contributed by atoms with Crippen LogP contribution in [0, 0.1) is 0 Å². The number of rotatable bonds is 4. The predicted octanol–water partition coefficient (Wildman–Crippen LogP) is 13.9. The molecule has 9 aromatic rings. The van der Waals surface area contributed by atoms with Crippen molar-refractivity contribution in [2.24, 2.45) is 0 Å². The minimum Gasteiger partial charge on any atom is -0.0622 e. The number of halogens is 2. The fraction of sp³-hybridized carbons (Fsp3) is 0. The van der Waals surface area contributed by atoms with Gasteiger partial charge >= 0.3 is 0 Å². The van der Waals surface area contributed by atoms with Crippen LogP contribution in [-0.2, 0) is 0 Å². The summed E-state index contributed by atoms with van der Waals surface area (Å²) in [4.78, 5) is 0. The Morgan fingerprint density at radius 3 is 1.48 bits per heavy atom. The molecule has 0 unspecified atom stereocenters. The van der Waals surface area contributed by atoms with Crippen molar-refractivity contribution in [1.82, 2.24) is 0 Å². The normalized spacial score (nSPS) is 11.7. The summed E-state index contributed by atoms with van der Waals surface area (Å²) >= 11 is 7.93. The van der Waals surface area contributed by atoms with Crippen LogP contribution in [0.4, 0.5) is 0 Å². The van der Waals surface area contributed by atoms with E-state index in [1.54, 1.807) is 0 Å². The number of fused-ring (bicyclic) bond motifs is 2. The Kier molecular flexibility index (Phi) is 6.55. The minimum atomic E-state index is 1.11. The maximum atomic E-state index is 3.99. The van der Waals surface area contributed by atoms with Crippen LogP contribution < -0.4 is 0 Å². The van der Waals surface area contributed by atoms with Gasteiger partial charge in [0.05, 0.1) is 0 Å². The Hall–Kier alpha value is -4.76. The lowest BCUT2D eigenvalue weighted by Crippen LogP contribution is -1.94. The van der Waals surface area contributed by atoms with Gasteiger partial charge in [-0.15, -0.1) is 0 Å². The van der Waals surface area contributed by atoms with Crippen LogP contribution in [0.3, 0.4) is 0 Å². The van der Waals surface area contributed by atoms with Crippen LogP contribution in [0.5, 0.6) is 0 Å². The van der Waals surface area contributed by atoms with Gasteiger partial charge in [0.15, 0.2) is 0 Å². The topological polar surface area (TPSA) is 0 Å². The molecule has 9 rings (SSSR count). The maximum Gasteiger partial charge on any atom is 0.0260 e. The van der Waals surface area contributed by atoms with Gasteiger partial charge in [0.1, 0.15) is 0 Å². The molecule has 0 aromatic heterocycles. The molecule has 2 heteroatoms. The molecule has 0 N–H and O–H groups in total. The zero-order valence-corrected chi connectivity index (χ0v) is 27.9. The third kappa shape index (κ3) is 4.25. The van der Waals surface area contributed by atoms with E-state index in [0.717, 1.165) is 8.95 Å². The zero-order valence-electron chi connectivity index (χ0n) is 24.8. The molecule has 0 bridgehead atoms. The van der Waals surface area contributed by atoms with E-state index in [-0.39, 0.29) is 0 Å². The fourth-order valence-corrected chi connectivity index (χ4v) is 8.36. The van der Waals surface area contributed by atoms with Gasteiger partial charge in [0, 0.05) is 8.95 Å². The second-order valence-electron chi connectivity index (χ2n) is 11.9.